The summed E-state index contributed by atoms with van der Waals surface area (Å²) < 4.78 is 0. The molecular weight excluding hydrogens is 232 g/mol. The van der Waals surface area contributed by atoms with Crippen LogP contribution in [0.4, 0.5) is 0 Å². The minimum atomic E-state index is -1.08. The van der Waals surface area contributed by atoms with Gasteiger partial charge >= 0.3 is 5.97 Å². The Hall–Kier alpha value is -1.10. The van der Waals surface area contributed by atoms with Gasteiger partial charge in [-0.3, -0.25) is 9.59 Å². The van der Waals surface area contributed by atoms with Crippen molar-refractivity contribution in [1.82, 2.24) is 10.2 Å². The average Bonchev–Trinajstić information content (AvgIpc) is 2.11. The van der Waals surface area contributed by atoms with Gasteiger partial charge in [0.1, 0.15) is 5.92 Å². The number of hydrogen-bond donors (Lipinski definition) is 2. The molecule has 1 unspecified atom stereocenters. The molecular formula is C13H26N2O3. The Labute approximate surface area is 110 Å². The molecule has 0 fully saturated rings. The summed E-state index contributed by atoms with van der Waals surface area (Å²) in [5.41, 5.74) is -0.811. The third-order valence-corrected chi connectivity index (χ3v) is 3.28. The van der Waals surface area contributed by atoms with Gasteiger partial charge in [0.2, 0.25) is 5.91 Å². The maximum atomic E-state index is 12.0. The van der Waals surface area contributed by atoms with Crippen LogP contribution in [0.2, 0.25) is 0 Å². The summed E-state index contributed by atoms with van der Waals surface area (Å²) in [6.45, 7) is 9.65. The van der Waals surface area contributed by atoms with E-state index < -0.39 is 23.2 Å². The number of carbonyl (C=O) groups excluding carboxylic acids is 1. The van der Waals surface area contributed by atoms with Crippen molar-refractivity contribution in [2.75, 3.05) is 20.6 Å². The molecule has 1 atom stereocenters. The Kier molecular flexibility index (Phi) is 5.35. The lowest BCUT2D eigenvalue weighted by Crippen LogP contribution is -2.51. The van der Waals surface area contributed by atoms with Gasteiger partial charge in [-0.05, 0) is 33.4 Å². The summed E-state index contributed by atoms with van der Waals surface area (Å²) in [6.07, 6.45) is 0. The topological polar surface area (TPSA) is 69.6 Å². The summed E-state index contributed by atoms with van der Waals surface area (Å²) in [4.78, 5) is 25.2. The number of carboxylic acids is 1. The van der Waals surface area contributed by atoms with Gasteiger partial charge in [0.05, 0.1) is 0 Å². The molecule has 2 N–H and O–H groups in total. The minimum Gasteiger partial charge on any atom is -0.481 e. The minimum absolute atomic E-state index is 0.212. The molecule has 0 saturated heterocycles. The highest BCUT2D eigenvalue weighted by Crippen LogP contribution is 2.26. The van der Waals surface area contributed by atoms with Crippen molar-refractivity contribution >= 4 is 11.9 Å². The highest BCUT2D eigenvalue weighted by atomic mass is 16.4. The maximum Gasteiger partial charge on any atom is 0.316 e. The lowest BCUT2D eigenvalue weighted by atomic mass is 9.80. The second kappa shape index (κ2) is 5.69. The molecule has 5 nitrogen and oxygen atoms in total. The van der Waals surface area contributed by atoms with Crippen LogP contribution < -0.4 is 5.32 Å². The van der Waals surface area contributed by atoms with E-state index >= 15 is 0 Å². The number of nitrogens with zero attached hydrogens (tertiary/aromatic N) is 1. The SMILES string of the molecule is CN(C)C(C)(C)CNC(=O)C(C(=O)O)C(C)(C)C. The monoisotopic (exact) mass is 258 g/mol. The molecule has 1 amide bonds. The van der Waals surface area contributed by atoms with Gasteiger partial charge in [0.25, 0.3) is 0 Å². The summed E-state index contributed by atoms with van der Waals surface area (Å²) in [7, 11) is 3.84. The third-order valence-electron chi connectivity index (χ3n) is 3.28. The van der Waals surface area contributed by atoms with E-state index in [1.54, 1.807) is 20.8 Å². The highest BCUT2D eigenvalue weighted by molar-refractivity contribution is 5.97. The first kappa shape index (κ1) is 16.9. The molecule has 0 aliphatic rings. The van der Waals surface area contributed by atoms with Gasteiger partial charge in [-0.1, -0.05) is 20.8 Å². The number of carboxylic acid groups (broad SMARTS) is 1. The molecule has 0 aromatic rings. The van der Waals surface area contributed by atoms with Crippen LogP contribution in [-0.2, 0) is 9.59 Å². The van der Waals surface area contributed by atoms with E-state index in [0.717, 1.165) is 0 Å². The first-order chi connectivity index (χ1) is 7.89. The van der Waals surface area contributed by atoms with Gasteiger partial charge in [0.15, 0.2) is 0 Å². The number of likely N-dealkylation sites (N-methyl/N-ethyl adjacent to an activating group) is 1. The molecule has 0 aromatic heterocycles. The zero-order valence-corrected chi connectivity index (χ0v) is 12.5. The van der Waals surface area contributed by atoms with Gasteiger partial charge in [0, 0.05) is 12.1 Å². The Morgan fingerprint density at radius 1 is 1.17 bits per heavy atom. The van der Waals surface area contributed by atoms with Crippen LogP contribution in [0.3, 0.4) is 0 Å². The number of rotatable bonds is 5. The van der Waals surface area contributed by atoms with Crippen LogP contribution in [0.25, 0.3) is 0 Å². The van der Waals surface area contributed by atoms with Gasteiger partial charge in [-0.2, -0.15) is 0 Å². The Morgan fingerprint density at radius 2 is 1.61 bits per heavy atom. The first-order valence-electron chi connectivity index (χ1n) is 6.07. The standard InChI is InChI=1S/C13H26N2O3/c1-12(2,3)9(11(17)18)10(16)14-8-13(4,5)15(6)7/h9H,8H2,1-7H3,(H,14,16)(H,17,18). The number of aliphatic carboxylic acids is 1. The summed E-state index contributed by atoms with van der Waals surface area (Å²) in [6, 6.07) is 0. The van der Waals surface area contributed by atoms with Crippen LogP contribution in [0.5, 0.6) is 0 Å². The fourth-order valence-corrected chi connectivity index (χ4v) is 1.44. The lowest BCUT2D eigenvalue weighted by Gasteiger charge is -2.34. The zero-order chi connectivity index (χ0) is 14.7. The third kappa shape index (κ3) is 4.64. The molecule has 0 aromatic carbocycles. The molecule has 5 heteroatoms. The van der Waals surface area contributed by atoms with Crippen molar-refractivity contribution in [3.8, 4) is 0 Å². The van der Waals surface area contributed by atoms with E-state index in [2.05, 4.69) is 5.32 Å². The first-order valence-corrected chi connectivity index (χ1v) is 6.07. The largest absolute Gasteiger partial charge is 0.481 e. The van der Waals surface area contributed by atoms with E-state index in [1.807, 2.05) is 32.8 Å². The number of carbonyl (C=O) groups is 2. The highest BCUT2D eigenvalue weighted by Gasteiger charge is 2.38. The maximum absolute atomic E-state index is 12.0. The lowest BCUT2D eigenvalue weighted by molar-refractivity contribution is -0.151. The second-order valence-corrected chi connectivity index (χ2v) is 6.56. The quantitative estimate of drug-likeness (QED) is 0.727. The van der Waals surface area contributed by atoms with Crippen LogP contribution in [0.1, 0.15) is 34.6 Å². The fraction of sp³-hybridized carbons (Fsp3) is 0.846. The molecule has 0 rings (SSSR count). The number of amides is 1. The molecule has 106 valence electrons. The molecule has 0 aliphatic heterocycles. The van der Waals surface area contributed by atoms with E-state index in [9.17, 15) is 9.59 Å². The molecule has 0 radical (unpaired) electrons. The van der Waals surface area contributed by atoms with E-state index in [0.29, 0.717) is 6.54 Å². The predicted molar refractivity (Wildman–Crippen MR) is 71.4 cm³/mol. The average molecular weight is 258 g/mol. The van der Waals surface area contributed by atoms with Crippen molar-refractivity contribution in [3.63, 3.8) is 0 Å². The molecule has 0 bridgehead atoms. The van der Waals surface area contributed by atoms with E-state index in [-0.39, 0.29) is 5.54 Å². The van der Waals surface area contributed by atoms with Gasteiger partial charge < -0.3 is 15.3 Å². The van der Waals surface area contributed by atoms with Gasteiger partial charge in [-0.15, -0.1) is 0 Å². The van der Waals surface area contributed by atoms with Crippen molar-refractivity contribution in [3.05, 3.63) is 0 Å². The van der Waals surface area contributed by atoms with Crippen molar-refractivity contribution < 1.29 is 14.7 Å². The van der Waals surface area contributed by atoms with Crippen molar-refractivity contribution in [1.29, 1.82) is 0 Å². The zero-order valence-electron chi connectivity index (χ0n) is 12.5. The van der Waals surface area contributed by atoms with Crippen LogP contribution in [0.15, 0.2) is 0 Å². The molecule has 0 spiro atoms. The normalized spacial score (nSPS) is 14.4. The second-order valence-electron chi connectivity index (χ2n) is 6.56. The van der Waals surface area contributed by atoms with E-state index in [4.69, 9.17) is 5.11 Å². The predicted octanol–water partition coefficient (Wildman–Crippen LogP) is 1.19. The van der Waals surface area contributed by atoms with E-state index in [1.165, 1.54) is 0 Å². The summed E-state index contributed by atoms with van der Waals surface area (Å²) in [5.74, 6) is -2.54. The van der Waals surface area contributed by atoms with Crippen molar-refractivity contribution in [2.45, 2.75) is 40.2 Å². The Bertz CT molecular complexity index is 317. The molecule has 0 aliphatic carbocycles. The van der Waals surface area contributed by atoms with Gasteiger partial charge in [-0.25, -0.2) is 0 Å². The van der Waals surface area contributed by atoms with Crippen molar-refractivity contribution in [2.24, 2.45) is 11.3 Å². The number of nitrogens with one attached hydrogen (secondary N) is 1. The molecule has 0 heterocycles. The Morgan fingerprint density at radius 3 is 1.89 bits per heavy atom. The summed E-state index contributed by atoms with van der Waals surface area (Å²) >= 11 is 0. The fourth-order valence-electron chi connectivity index (χ4n) is 1.44. The van der Waals surface area contributed by atoms with Crippen LogP contribution >= 0.6 is 0 Å². The summed E-state index contributed by atoms with van der Waals surface area (Å²) in [5, 5.41) is 11.9. The Balaban J connectivity index is 4.71. The molecule has 0 saturated carbocycles. The molecule has 18 heavy (non-hydrogen) atoms. The van der Waals surface area contributed by atoms with Crippen LogP contribution in [0, 0.1) is 11.3 Å². The number of hydrogen-bond acceptors (Lipinski definition) is 3. The van der Waals surface area contributed by atoms with Crippen LogP contribution in [-0.4, -0.2) is 48.1 Å². The smallest absolute Gasteiger partial charge is 0.316 e.